The fraction of sp³-hybridized carbons (Fsp3) is 0.429. The van der Waals surface area contributed by atoms with E-state index in [2.05, 4.69) is 27.1 Å². The van der Waals surface area contributed by atoms with Crippen molar-refractivity contribution in [1.82, 2.24) is 9.62 Å². The fourth-order valence-corrected chi connectivity index (χ4v) is 3.98. The molecule has 1 aliphatic heterocycles. The van der Waals surface area contributed by atoms with Gasteiger partial charge in [0.2, 0.25) is 0 Å². The highest BCUT2D eigenvalue weighted by molar-refractivity contribution is 7.90. The van der Waals surface area contributed by atoms with Crippen LogP contribution >= 0.6 is 0 Å². The van der Waals surface area contributed by atoms with E-state index >= 15 is 0 Å². The van der Waals surface area contributed by atoms with Gasteiger partial charge in [0.15, 0.2) is 0 Å². The van der Waals surface area contributed by atoms with Crippen molar-refractivity contribution < 1.29 is 13.2 Å². The average Bonchev–Trinajstić information content (AvgIpc) is 2.73. The van der Waals surface area contributed by atoms with Gasteiger partial charge in [-0.15, -0.1) is 0 Å². The van der Waals surface area contributed by atoms with E-state index in [0.717, 1.165) is 48.2 Å². The maximum absolute atomic E-state index is 11.9. The third-order valence-electron chi connectivity index (χ3n) is 5.18. The number of benzene rings is 2. The predicted molar refractivity (Wildman–Crippen MR) is 118 cm³/mol. The number of nitrogens with zero attached hydrogens (tertiary/aromatic N) is 2. The van der Waals surface area contributed by atoms with E-state index in [4.69, 9.17) is 4.74 Å². The van der Waals surface area contributed by atoms with Gasteiger partial charge in [-0.1, -0.05) is 12.1 Å². The number of hydrogen-bond donors (Lipinski definition) is 2. The van der Waals surface area contributed by atoms with Gasteiger partial charge < -0.3 is 15.0 Å². The van der Waals surface area contributed by atoms with E-state index in [1.54, 1.807) is 7.11 Å². The van der Waals surface area contributed by atoms with Gasteiger partial charge in [0.1, 0.15) is 5.75 Å². The number of piperidine rings is 1. The maximum Gasteiger partial charge on any atom is 0.301 e. The molecule has 0 radical (unpaired) electrons. The molecule has 29 heavy (non-hydrogen) atoms. The lowest BCUT2D eigenvalue weighted by atomic mass is 10.0. The largest absolute Gasteiger partial charge is 0.497 e. The first kappa shape index (κ1) is 21.4. The van der Waals surface area contributed by atoms with Crippen molar-refractivity contribution in [2.75, 3.05) is 43.9 Å². The minimum atomic E-state index is -3.48. The van der Waals surface area contributed by atoms with Crippen molar-refractivity contribution in [3.05, 3.63) is 54.1 Å². The average molecular weight is 419 g/mol. The van der Waals surface area contributed by atoms with Gasteiger partial charge in [-0.3, -0.25) is 4.72 Å². The van der Waals surface area contributed by atoms with Crippen LogP contribution in [0.25, 0.3) is 0 Å². The Kier molecular flexibility index (Phi) is 7.00. The molecule has 0 aromatic heterocycles. The van der Waals surface area contributed by atoms with Crippen molar-refractivity contribution >= 4 is 21.6 Å². The van der Waals surface area contributed by atoms with Gasteiger partial charge in [-0.25, -0.2) is 0 Å². The minimum absolute atomic E-state index is 0.489. The summed E-state index contributed by atoms with van der Waals surface area (Å²) < 4.78 is 32.8. The van der Waals surface area contributed by atoms with Crippen molar-refractivity contribution in [3.8, 4) is 5.75 Å². The molecule has 2 aromatic carbocycles. The van der Waals surface area contributed by atoms with Crippen LogP contribution in [0.4, 0.5) is 11.4 Å². The molecule has 0 spiro atoms. The number of rotatable bonds is 8. The molecule has 0 bridgehead atoms. The monoisotopic (exact) mass is 418 g/mol. The first-order valence-electron chi connectivity index (χ1n) is 9.79. The Morgan fingerprint density at radius 1 is 1.10 bits per heavy atom. The lowest BCUT2D eigenvalue weighted by molar-refractivity contribution is 0.407. The van der Waals surface area contributed by atoms with Gasteiger partial charge in [-0.05, 0) is 54.8 Å². The molecular formula is C21H30N4O3S. The minimum Gasteiger partial charge on any atom is -0.497 e. The molecule has 0 atom stereocenters. The van der Waals surface area contributed by atoms with Crippen molar-refractivity contribution in [3.63, 3.8) is 0 Å². The molecule has 7 nitrogen and oxygen atoms in total. The normalized spacial score (nSPS) is 15.5. The quantitative estimate of drug-likeness (QED) is 0.690. The van der Waals surface area contributed by atoms with Crippen LogP contribution in [0.15, 0.2) is 48.5 Å². The van der Waals surface area contributed by atoms with Crippen molar-refractivity contribution in [1.29, 1.82) is 0 Å². The molecule has 0 aliphatic carbocycles. The number of anilines is 2. The highest BCUT2D eigenvalue weighted by Crippen LogP contribution is 2.23. The molecular weight excluding hydrogens is 388 g/mol. The first-order chi connectivity index (χ1) is 13.9. The zero-order chi connectivity index (χ0) is 20.9. The molecule has 0 saturated carbocycles. The van der Waals surface area contributed by atoms with Gasteiger partial charge in [0.25, 0.3) is 0 Å². The molecule has 3 rings (SSSR count). The predicted octanol–water partition coefficient (Wildman–Crippen LogP) is 2.67. The van der Waals surface area contributed by atoms with Crippen LogP contribution < -0.4 is 19.7 Å². The molecule has 1 aliphatic rings. The topological polar surface area (TPSA) is 73.9 Å². The van der Waals surface area contributed by atoms with Crippen LogP contribution in [-0.2, 0) is 16.8 Å². The highest BCUT2D eigenvalue weighted by atomic mass is 32.2. The Labute approximate surface area is 173 Å². The third-order valence-corrected chi connectivity index (χ3v) is 6.64. The molecule has 0 unspecified atom stereocenters. The Morgan fingerprint density at radius 3 is 2.41 bits per heavy atom. The number of hydrogen-bond acceptors (Lipinski definition) is 5. The van der Waals surface area contributed by atoms with E-state index in [1.807, 2.05) is 36.4 Å². The van der Waals surface area contributed by atoms with Gasteiger partial charge in [0.05, 0.1) is 7.11 Å². The molecule has 2 N–H and O–H groups in total. The highest BCUT2D eigenvalue weighted by Gasteiger charge is 2.19. The van der Waals surface area contributed by atoms with Crippen LogP contribution in [-0.4, -0.2) is 53.1 Å². The zero-order valence-electron chi connectivity index (χ0n) is 17.3. The second-order valence-electron chi connectivity index (χ2n) is 7.43. The van der Waals surface area contributed by atoms with Crippen LogP contribution in [0.1, 0.15) is 18.4 Å². The van der Waals surface area contributed by atoms with Gasteiger partial charge >= 0.3 is 10.2 Å². The molecule has 0 amide bonds. The number of ether oxygens (including phenoxy) is 1. The third kappa shape index (κ3) is 5.85. The van der Waals surface area contributed by atoms with E-state index in [-0.39, 0.29) is 0 Å². The summed E-state index contributed by atoms with van der Waals surface area (Å²) in [5.74, 6) is 0.885. The van der Waals surface area contributed by atoms with Crippen LogP contribution in [0.3, 0.4) is 0 Å². The first-order valence-corrected chi connectivity index (χ1v) is 11.2. The summed E-state index contributed by atoms with van der Waals surface area (Å²) in [6.45, 7) is 2.78. The van der Waals surface area contributed by atoms with Crippen LogP contribution in [0.5, 0.6) is 5.75 Å². The molecule has 1 saturated heterocycles. The van der Waals surface area contributed by atoms with Gasteiger partial charge in [0, 0.05) is 51.1 Å². The molecule has 1 heterocycles. The van der Waals surface area contributed by atoms with E-state index in [0.29, 0.717) is 11.7 Å². The lowest BCUT2D eigenvalue weighted by Crippen LogP contribution is -2.42. The smallest absolute Gasteiger partial charge is 0.301 e. The Hall–Kier alpha value is -2.29. The molecule has 8 heteroatoms. The molecule has 1 fully saturated rings. The van der Waals surface area contributed by atoms with Crippen LogP contribution in [0.2, 0.25) is 0 Å². The van der Waals surface area contributed by atoms with E-state index in [9.17, 15) is 8.42 Å². The summed E-state index contributed by atoms with van der Waals surface area (Å²) in [5.41, 5.74) is 2.91. The summed E-state index contributed by atoms with van der Waals surface area (Å²) in [6, 6.07) is 16.2. The summed E-state index contributed by atoms with van der Waals surface area (Å²) in [5, 5.41) is 3.64. The SMILES string of the molecule is COc1cccc(CNC2CCN(c3ccc(NS(=O)(=O)N(C)C)cc3)CC2)c1. The zero-order valence-corrected chi connectivity index (χ0v) is 18.1. The fourth-order valence-electron chi connectivity index (χ4n) is 3.37. The Balaban J connectivity index is 1.49. The number of nitrogens with one attached hydrogen (secondary N) is 2. The summed E-state index contributed by atoms with van der Waals surface area (Å²) in [7, 11) is 1.22. The van der Waals surface area contributed by atoms with Crippen molar-refractivity contribution in [2.45, 2.75) is 25.4 Å². The summed E-state index contributed by atoms with van der Waals surface area (Å²) >= 11 is 0. The van der Waals surface area contributed by atoms with E-state index in [1.165, 1.54) is 19.7 Å². The Morgan fingerprint density at radius 2 is 1.79 bits per heavy atom. The molecule has 2 aromatic rings. The summed E-state index contributed by atoms with van der Waals surface area (Å²) in [6.07, 6.45) is 2.14. The summed E-state index contributed by atoms with van der Waals surface area (Å²) in [4.78, 5) is 2.34. The second kappa shape index (κ2) is 9.47. The lowest BCUT2D eigenvalue weighted by Gasteiger charge is -2.34. The second-order valence-corrected chi connectivity index (χ2v) is 9.31. The van der Waals surface area contributed by atoms with Crippen LogP contribution in [0, 0.1) is 0 Å². The molecule has 158 valence electrons. The van der Waals surface area contributed by atoms with E-state index < -0.39 is 10.2 Å². The number of methoxy groups -OCH3 is 1. The van der Waals surface area contributed by atoms with Crippen molar-refractivity contribution in [2.24, 2.45) is 0 Å². The maximum atomic E-state index is 11.9. The van der Waals surface area contributed by atoms with Gasteiger partial charge in [-0.2, -0.15) is 12.7 Å². The Bertz CT molecular complexity index is 892. The standard InChI is InChI=1S/C21H30N4O3S/c1-24(2)29(26,27)23-19-7-9-20(10-8-19)25-13-11-18(12-14-25)22-16-17-5-4-6-21(15-17)28-3/h4-10,15,18,22-23H,11-14,16H2,1-3H3.